The van der Waals surface area contributed by atoms with E-state index in [9.17, 15) is 0 Å². The number of hydrogen-bond donors (Lipinski definition) is 0. The van der Waals surface area contributed by atoms with Crippen LogP contribution in [0.1, 0.15) is 12.5 Å². The van der Waals surface area contributed by atoms with E-state index in [1.165, 1.54) is 0 Å². The second-order valence-corrected chi connectivity index (χ2v) is 4.84. The highest BCUT2D eigenvalue weighted by Gasteiger charge is 2.12. The molecule has 1 rings (SSSR count). The number of hydrogen-bond acceptors (Lipinski definition) is 4. The van der Waals surface area contributed by atoms with Crippen LogP contribution in [0.5, 0.6) is 11.5 Å². The van der Waals surface area contributed by atoms with Gasteiger partial charge in [0.05, 0.1) is 22.7 Å². The quantitative estimate of drug-likeness (QED) is 0.810. The van der Waals surface area contributed by atoms with E-state index in [4.69, 9.17) is 14.7 Å². The van der Waals surface area contributed by atoms with Crippen molar-refractivity contribution in [3.05, 3.63) is 22.2 Å². The van der Waals surface area contributed by atoms with Crippen LogP contribution in [0.15, 0.2) is 16.6 Å². The highest BCUT2D eigenvalue weighted by molar-refractivity contribution is 9.10. The van der Waals surface area contributed by atoms with Crippen LogP contribution >= 0.6 is 15.9 Å². The summed E-state index contributed by atoms with van der Waals surface area (Å²) in [6, 6.07) is 5.52. The Balaban J connectivity index is 2.90. The molecule has 0 amide bonds. The minimum Gasteiger partial charge on any atom is -0.490 e. The Labute approximate surface area is 116 Å². The topological polar surface area (TPSA) is 45.5 Å². The smallest absolute Gasteiger partial charge is 0.175 e. The molecule has 0 bridgehead atoms. The van der Waals surface area contributed by atoms with E-state index in [-0.39, 0.29) is 0 Å². The van der Waals surface area contributed by atoms with Gasteiger partial charge in [0.15, 0.2) is 11.5 Å². The van der Waals surface area contributed by atoms with Crippen LogP contribution in [-0.4, -0.2) is 38.8 Å². The van der Waals surface area contributed by atoms with E-state index in [1.54, 1.807) is 12.1 Å². The molecule has 0 radical (unpaired) electrons. The molecule has 0 saturated heterocycles. The van der Waals surface area contributed by atoms with Crippen molar-refractivity contribution in [3.8, 4) is 17.6 Å². The second-order valence-electron chi connectivity index (χ2n) is 3.98. The zero-order valence-electron chi connectivity index (χ0n) is 10.9. The van der Waals surface area contributed by atoms with E-state index in [2.05, 4.69) is 22.0 Å². The third-order valence-corrected chi connectivity index (χ3v) is 2.81. The minimum absolute atomic E-state index is 0.533. The first-order chi connectivity index (χ1) is 8.58. The van der Waals surface area contributed by atoms with Gasteiger partial charge in [-0.3, -0.25) is 0 Å². The van der Waals surface area contributed by atoms with Gasteiger partial charge in [-0.2, -0.15) is 5.26 Å². The van der Waals surface area contributed by atoms with E-state index < -0.39 is 0 Å². The van der Waals surface area contributed by atoms with Crippen LogP contribution in [0.3, 0.4) is 0 Å². The molecule has 1 aromatic carbocycles. The fraction of sp³-hybridized carbons (Fsp3) is 0.462. The number of benzene rings is 1. The third kappa shape index (κ3) is 4.21. The van der Waals surface area contributed by atoms with Crippen LogP contribution in [0.25, 0.3) is 0 Å². The summed E-state index contributed by atoms with van der Waals surface area (Å²) >= 11 is 3.41. The lowest BCUT2D eigenvalue weighted by Crippen LogP contribution is -2.19. The van der Waals surface area contributed by atoms with Crippen LogP contribution in [-0.2, 0) is 0 Å². The van der Waals surface area contributed by atoms with Crippen LogP contribution in [0, 0.1) is 11.3 Å². The van der Waals surface area contributed by atoms with Crippen molar-refractivity contribution in [1.82, 2.24) is 4.90 Å². The van der Waals surface area contributed by atoms with E-state index >= 15 is 0 Å². The molecule has 0 atom stereocenters. The van der Waals surface area contributed by atoms with Crippen molar-refractivity contribution >= 4 is 15.9 Å². The van der Waals surface area contributed by atoms with Gasteiger partial charge in [-0.05, 0) is 43.0 Å². The van der Waals surface area contributed by atoms with Gasteiger partial charge >= 0.3 is 0 Å². The molecule has 18 heavy (non-hydrogen) atoms. The standard InChI is InChI=1S/C13H17BrN2O2/c1-4-17-12-8-10(9-15)7-11(14)13(12)18-6-5-16(2)3/h7-8H,4-6H2,1-3H3. The van der Waals surface area contributed by atoms with Gasteiger partial charge in [-0.25, -0.2) is 0 Å². The summed E-state index contributed by atoms with van der Waals surface area (Å²) in [5.74, 6) is 1.25. The minimum atomic E-state index is 0.533. The van der Waals surface area contributed by atoms with Gasteiger partial charge in [-0.1, -0.05) is 0 Å². The molecule has 4 nitrogen and oxygen atoms in total. The van der Waals surface area contributed by atoms with E-state index in [0.29, 0.717) is 30.3 Å². The van der Waals surface area contributed by atoms with Crippen molar-refractivity contribution in [2.75, 3.05) is 33.9 Å². The maximum Gasteiger partial charge on any atom is 0.175 e. The summed E-state index contributed by atoms with van der Waals surface area (Å²) in [7, 11) is 3.97. The summed E-state index contributed by atoms with van der Waals surface area (Å²) in [6.07, 6.45) is 0. The summed E-state index contributed by atoms with van der Waals surface area (Å²) in [4.78, 5) is 2.04. The summed E-state index contributed by atoms with van der Waals surface area (Å²) in [5.41, 5.74) is 0.547. The van der Waals surface area contributed by atoms with E-state index in [0.717, 1.165) is 11.0 Å². The molecule has 0 aromatic heterocycles. The Morgan fingerprint density at radius 2 is 2.06 bits per heavy atom. The summed E-state index contributed by atoms with van der Waals surface area (Å²) in [6.45, 7) is 3.82. The zero-order valence-corrected chi connectivity index (χ0v) is 12.5. The maximum atomic E-state index is 8.92. The third-order valence-electron chi connectivity index (χ3n) is 2.22. The Bertz CT molecular complexity index is 441. The van der Waals surface area contributed by atoms with Gasteiger partial charge in [0, 0.05) is 12.6 Å². The number of nitriles is 1. The molecule has 0 fully saturated rings. The first-order valence-electron chi connectivity index (χ1n) is 5.72. The molecular weight excluding hydrogens is 296 g/mol. The molecule has 0 spiro atoms. The summed E-state index contributed by atoms with van der Waals surface area (Å²) in [5, 5.41) is 8.92. The van der Waals surface area contributed by atoms with Crippen molar-refractivity contribution in [1.29, 1.82) is 5.26 Å². The van der Waals surface area contributed by atoms with Crippen molar-refractivity contribution in [2.24, 2.45) is 0 Å². The maximum absolute atomic E-state index is 8.92. The number of nitrogens with zero attached hydrogens (tertiary/aromatic N) is 2. The lowest BCUT2D eigenvalue weighted by Gasteiger charge is -2.15. The van der Waals surface area contributed by atoms with Crippen LogP contribution in [0.2, 0.25) is 0 Å². The molecule has 0 N–H and O–H groups in total. The molecule has 0 saturated carbocycles. The largest absolute Gasteiger partial charge is 0.490 e. The predicted molar refractivity (Wildman–Crippen MR) is 74.1 cm³/mol. The first kappa shape index (κ1) is 14.8. The van der Waals surface area contributed by atoms with Crippen LogP contribution < -0.4 is 9.47 Å². The van der Waals surface area contributed by atoms with Gasteiger partial charge in [0.1, 0.15) is 6.61 Å². The van der Waals surface area contributed by atoms with Gasteiger partial charge < -0.3 is 14.4 Å². The number of likely N-dealkylation sites (N-methyl/N-ethyl adjacent to an activating group) is 1. The number of rotatable bonds is 6. The molecule has 0 unspecified atom stereocenters. The van der Waals surface area contributed by atoms with Gasteiger partial charge in [0.2, 0.25) is 0 Å². The summed E-state index contributed by atoms with van der Waals surface area (Å²) < 4.78 is 11.9. The highest BCUT2D eigenvalue weighted by atomic mass is 79.9. The predicted octanol–water partition coefficient (Wildman–Crippen LogP) is 2.66. The van der Waals surface area contributed by atoms with Crippen molar-refractivity contribution in [3.63, 3.8) is 0 Å². The number of halogens is 1. The average molecular weight is 313 g/mol. The average Bonchev–Trinajstić information content (AvgIpc) is 2.32. The Hall–Kier alpha value is -1.25. The molecule has 1 aromatic rings. The monoisotopic (exact) mass is 312 g/mol. The van der Waals surface area contributed by atoms with Crippen molar-refractivity contribution < 1.29 is 9.47 Å². The molecule has 0 aliphatic heterocycles. The molecular formula is C13H17BrN2O2. The van der Waals surface area contributed by atoms with Crippen molar-refractivity contribution in [2.45, 2.75) is 6.92 Å². The molecule has 0 aliphatic rings. The lowest BCUT2D eigenvalue weighted by atomic mass is 10.2. The van der Waals surface area contributed by atoms with Gasteiger partial charge in [0.25, 0.3) is 0 Å². The van der Waals surface area contributed by atoms with Crippen LogP contribution in [0.4, 0.5) is 0 Å². The molecule has 0 heterocycles. The first-order valence-corrected chi connectivity index (χ1v) is 6.51. The lowest BCUT2D eigenvalue weighted by molar-refractivity contribution is 0.242. The highest BCUT2D eigenvalue weighted by Crippen LogP contribution is 2.36. The second kappa shape index (κ2) is 7.24. The molecule has 5 heteroatoms. The molecule has 98 valence electrons. The fourth-order valence-electron chi connectivity index (χ4n) is 1.37. The Morgan fingerprint density at radius 1 is 1.33 bits per heavy atom. The number of ether oxygens (including phenoxy) is 2. The van der Waals surface area contributed by atoms with Gasteiger partial charge in [-0.15, -0.1) is 0 Å². The van der Waals surface area contributed by atoms with E-state index in [1.807, 2.05) is 25.9 Å². The normalized spacial score (nSPS) is 10.2. The zero-order chi connectivity index (χ0) is 13.5. The Kier molecular flexibility index (Phi) is 5.96. The fourth-order valence-corrected chi connectivity index (χ4v) is 1.92. The SMILES string of the molecule is CCOc1cc(C#N)cc(Br)c1OCCN(C)C. The molecule has 0 aliphatic carbocycles. The Morgan fingerprint density at radius 3 is 2.61 bits per heavy atom.